The maximum Gasteiger partial charge on any atom is 0.0306 e. The normalized spacial score (nSPS) is 15.0. The third-order valence-corrected chi connectivity index (χ3v) is 4.44. The summed E-state index contributed by atoms with van der Waals surface area (Å²) in [4.78, 5) is 2.24. The topological polar surface area (TPSA) is 15.3 Å². The fourth-order valence-corrected chi connectivity index (χ4v) is 3.50. The standard InChI is InChI=1S/C15H24Br2N2/c1-10(2)15(9-19(4)5)18-11(3)13-7-6-12(16)8-14(13)17/h6-8,10-11,15,18H,9H2,1-5H3. The van der Waals surface area contributed by atoms with Gasteiger partial charge in [-0.25, -0.2) is 0 Å². The van der Waals surface area contributed by atoms with Crippen molar-refractivity contribution in [2.45, 2.75) is 32.9 Å². The molecule has 0 aliphatic carbocycles. The van der Waals surface area contributed by atoms with Crippen molar-refractivity contribution in [1.82, 2.24) is 10.2 Å². The van der Waals surface area contributed by atoms with Crippen LogP contribution in [0.5, 0.6) is 0 Å². The molecule has 0 saturated heterocycles. The molecule has 0 heterocycles. The third-order valence-electron chi connectivity index (χ3n) is 3.26. The number of rotatable bonds is 6. The summed E-state index contributed by atoms with van der Waals surface area (Å²) in [5.41, 5.74) is 1.30. The first kappa shape index (κ1) is 17.2. The molecule has 0 amide bonds. The van der Waals surface area contributed by atoms with Gasteiger partial charge in [0.05, 0.1) is 0 Å². The van der Waals surface area contributed by atoms with Gasteiger partial charge >= 0.3 is 0 Å². The summed E-state index contributed by atoms with van der Waals surface area (Å²) in [6.45, 7) is 7.81. The Morgan fingerprint density at radius 2 is 1.79 bits per heavy atom. The van der Waals surface area contributed by atoms with Crippen molar-refractivity contribution in [2.24, 2.45) is 5.92 Å². The van der Waals surface area contributed by atoms with Crippen LogP contribution < -0.4 is 5.32 Å². The van der Waals surface area contributed by atoms with Crippen LogP contribution in [0.15, 0.2) is 27.1 Å². The number of nitrogens with one attached hydrogen (secondary N) is 1. The molecule has 0 radical (unpaired) electrons. The Morgan fingerprint density at radius 1 is 1.16 bits per heavy atom. The molecule has 1 rings (SSSR count). The summed E-state index contributed by atoms with van der Waals surface area (Å²) in [6, 6.07) is 7.17. The van der Waals surface area contributed by atoms with Crippen LogP contribution in [0.2, 0.25) is 0 Å². The lowest BCUT2D eigenvalue weighted by Crippen LogP contribution is -2.43. The van der Waals surface area contributed by atoms with E-state index in [1.807, 2.05) is 0 Å². The molecule has 0 saturated carbocycles. The SMILES string of the molecule is CC(NC(CN(C)C)C(C)C)c1ccc(Br)cc1Br. The lowest BCUT2D eigenvalue weighted by atomic mass is 10.0. The molecule has 1 aromatic carbocycles. The first-order valence-corrected chi connectivity index (χ1v) is 8.25. The van der Waals surface area contributed by atoms with Crippen LogP contribution in [0.4, 0.5) is 0 Å². The van der Waals surface area contributed by atoms with E-state index in [4.69, 9.17) is 0 Å². The zero-order chi connectivity index (χ0) is 14.6. The average molecular weight is 392 g/mol. The summed E-state index contributed by atoms with van der Waals surface area (Å²) in [5, 5.41) is 3.74. The fourth-order valence-electron chi connectivity index (χ4n) is 2.11. The van der Waals surface area contributed by atoms with Crippen molar-refractivity contribution in [1.29, 1.82) is 0 Å². The highest BCUT2D eigenvalue weighted by atomic mass is 79.9. The first-order chi connectivity index (χ1) is 8.81. The largest absolute Gasteiger partial charge is 0.308 e. The average Bonchev–Trinajstić information content (AvgIpc) is 2.26. The highest BCUT2D eigenvalue weighted by Gasteiger charge is 2.18. The van der Waals surface area contributed by atoms with Crippen molar-refractivity contribution in [2.75, 3.05) is 20.6 Å². The van der Waals surface area contributed by atoms with E-state index < -0.39 is 0 Å². The van der Waals surface area contributed by atoms with Gasteiger partial charge in [0.1, 0.15) is 0 Å². The zero-order valence-corrected chi connectivity index (χ0v) is 15.5. The van der Waals surface area contributed by atoms with E-state index in [0.29, 0.717) is 18.0 Å². The van der Waals surface area contributed by atoms with Crippen LogP contribution in [-0.2, 0) is 0 Å². The Labute approximate surface area is 134 Å². The number of hydrogen-bond acceptors (Lipinski definition) is 2. The van der Waals surface area contributed by atoms with E-state index in [0.717, 1.165) is 15.5 Å². The predicted octanol–water partition coefficient (Wildman–Crippen LogP) is 4.45. The van der Waals surface area contributed by atoms with Gasteiger partial charge < -0.3 is 10.2 Å². The molecule has 0 spiro atoms. The van der Waals surface area contributed by atoms with Gasteiger partial charge in [-0.15, -0.1) is 0 Å². The second kappa shape index (κ2) is 7.77. The van der Waals surface area contributed by atoms with E-state index in [1.165, 1.54) is 5.56 Å². The minimum absolute atomic E-state index is 0.329. The van der Waals surface area contributed by atoms with Gasteiger partial charge in [-0.05, 0) is 44.6 Å². The molecule has 2 atom stereocenters. The summed E-state index contributed by atoms with van der Waals surface area (Å²) >= 11 is 7.14. The molecule has 0 fully saturated rings. The van der Waals surface area contributed by atoms with E-state index in [-0.39, 0.29) is 0 Å². The number of hydrogen-bond donors (Lipinski definition) is 1. The molecule has 108 valence electrons. The molecule has 4 heteroatoms. The van der Waals surface area contributed by atoms with Gasteiger partial charge in [-0.2, -0.15) is 0 Å². The third kappa shape index (κ3) is 5.54. The molecule has 1 N–H and O–H groups in total. The van der Waals surface area contributed by atoms with E-state index in [2.05, 4.69) is 95.1 Å². The highest BCUT2D eigenvalue weighted by Crippen LogP contribution is 2.27. The van der Waals surface area contributed by atoms with Crippen molar-refractivity contribution >= 4 is 31.9 Å². The lowest BCUT2D eigenvalue weighted by Gasteiger charge is -2.29. The highest BCUT2D eigenvalue weighted by molar-refractivity contribution is 9.11. The molecule has 19 heavy (non-hydrogen) atoms. The van der Waals surface area contributed by atoms with Crippen LogP contribution in [0.1, 0.15) is 32.4 Å². The molecule has 0 aromatic heterocycles. The van der Waals surface area contributed by atoms with Crippen molar-refractivity contribution in [3.8, 4) is 0 Å². The van der Waals surface area contributed by atoms with Crippen LogP contribution in [-0.4, -0.2) is 31.6 Å². The van der Waals surface area contributed by atoms with Gasteiger partial charge in [-0.3, -0.25) is 0 Å². The Kier molecular flexibility index (Phi) is 7.01. The number of halogens is 2. The Balaban J connectivity index is 2.78. The summed E-state index contributed by atoms with van der Waals surface area (Å²) < 4.78 is 2.25. The van der Waals surface area contributed by atoms with Gasteiger partial charge in [0.25, 0.3) is 0 Å². The molecule has 2 nitrogen and oxygen atoms in total. The van der Waals surface area contributed by atoms with Crippen molar-refractivity contribution in [3.63, 3.8) is 0 Å². The van der Waals surface area contributed by atoms with Crippen LogP contribution >= 0.6 is 31.9 Å². The molecule has 2 unspecified atom stereocenters. The Morgan fingerprint density at radius 3 is 2.26 bits per heavy atom. The summed E-state index contributed by atoms with van der Waals surface area (Å²) in [5.74, 6) is 0.610. The van der Waals surface area contributed by atoms with E-state index >= 15 is 0 Å². The fraction of sp³-hybridized carbons (Fsp3) is 0.600. The maximum atomic E-state index is 3.74. The Bertz CT molecular complexity index is 405. The molecular formula is C15H24Br2N2. The number of nitrogens with zero attached hydrogens (tertiary/aromatic N) is 1. The zero-order valence-electron chi connectivity index (χ0n) is 12.4. The second-order valence-electron chi connectivity index (χ2n) is 5.67. The van der Waals surface area contributed by atoms with Crippen molar-refractivity contribution < 1.29 is 0 Å². The maximum absolute atomic E-state index is 3.74. The number of benzene rings is 1. The van der Waals surface area contributed by atoms with Crippen LogP contribution in [0.25, 0.3) is 0 Å². The number of likely N-dealkylation sites (N-methyl/N-ethyl adjacent to an activating group) is 1. The minimum Gasteiger partial charge on any atom is -0.308 e. The summed E-state index contributed by atoms with van der Waals surface area (Å²) in [6.07, 6.45) is 0. The summed E-state index contributed by atoms with van der Waals surface area (Å²) in [7, 11) is 4.24. The molecule has 0 bridgehead atoms. The van der Waals surface area contributed by atoms with Gasteiger partial charge in [-0.1, -0.05) is 51.8 Å². The monoisotopic (exact) mass is 390 g/mol. The van der Waals surface area contributed by atoms with E-state index in [9.17, 15) is 0 Å². The van der Waals surface area contributed by atoms with Crippen LogP contribution in [0, 0.1) is 5.92 Å². The van der Waals surface area contributed by atoms with Gasteiger partial charge in [0.2, 0.25) is 0 Å². The Hall–Kier alpha value is 0.1000. The van der Waals surface area contributed by atoms with E-state index in [1.54, 1.807) is 0 Å². The smallest absolute Gasteiger partial charge is 0.0306 e. The second-order valence-corrected chi connectivity index (χ2v) is 7.44. The molecular weight excluding hydrogens is 368 g/mol. The first-order valence-electron chi connectivity index (χ1n) is 6.67. The minimum atomic E-state index is 0.329. The quantitative estimate of drug-likeness (QED) is 0.770. The van der Waals surface area contributed by atoms with Gasteiger partial charge in [0, 0.05) is 27.6 Å². The molecule has 0 aliphatic heterocycles. The predicted molar refractivity (Wildman–Crippen MR) is 90.6 cm³/mol. The van der Waals surface area contributed by atoms with Crippen LogP contribution in [0.3, 0.4) is 0 Å². The van der Waals surface area contributed by atoms with Crippen molar-refractivity contribution in [3.05, 3.63) is 32.7 Å². The van der Waals surface area contributed by atoms with Gasteiger partial charge in [0.15, 0.2) is 0 Å². The molecule has 0 aliphatic rings. The molecule has 1 aromatic rings. The lowest BCUT2D eigenvalue weighted by molar-refractivity contribution is 0.273.